The van der Waals surface area contributed by atoms with E-state index in [9.17, 15) is 9.59 Å². The third-order valence-corrected chi connectivity index (χ3v) is 4.80. The molecule has 0 saturated carbocycles. The number of morpholine rings is 1. The Labute approximate surface area is 175 Å². The molecule has 8 nitrogen and oxygen atoms in total. The minimum absolute atomic E-state index is 0.136. The van der Waals surface area contributed by atoms with E-state index in [1.54, 1.807) is 18.2 Å². The average molecular weight is 414 g/mol. The third kappa shape index (κ3) is 5.01. The van der Waals surface area contributed by atoms with Gasteiger partial charge in [0, 0.05) is 24.5 Å². The third-order valence-electron chi connectivity index (χ3n) is 4.80. The number of esters is 1. The van der Waals surface area contributed by atoms with Gasteiger partial charge in [0.05, 0.1) is 27.4 Å². The average Bonchev–Trinajstić information content (AvgIpc) is 2.79. The molecule has 0 radical (unpaired) electrons. The molecule has 0 aliphatic carbocycles. The molecule has 0 aromatic heterocycles. The molecule has 1 amide bonds. The summed E-state index contributed by atoms with van der Waals surface area (Å²) in [5, 5.41) is 2.76. The molecule has 8 heteroatoms. The molecule has 1 atom stereocenters. The van der Waals surface area contributed by atoms with E-state index in [0.717, 1.165) is 18.8 Å². The Bertz CT molecular complexity index is 855. The first-order valence-electron chi connectivity index (χ1n) is 9.69. The lowest BCUT2D eigenvalue weighted by Gasteiger charge is -2.28. The van der Waals surface area contributed by atoms with Gasteiger partial charge >= 0.3 is 5.97 Å². The van der Waals surface area contributed by atoms with Gasteiger partial charge in [-0.3, -0.25) is 4.79 Å². The van der Waals surface area contributed by atoms with Gasteiger partial charge in [-0.25, -0.2) is 4.79 Å². The van der Waals surface area contributed by atoms with E-state index in [4.69, 9.17) is 18.9 Å². The summed E-state index contributed by atoms with van der Waals surface area (Å²) in [5.74, 6) is -0.512. The summed E-state index contributed by atoms with van der Waals surface area (Å²) in [6, 6.07) is 12.5. The van der Waals surface area contributed by atoms with Gasteiger partial charge in [0.15, 0.2) is 6.10 Å². The van der Waals surface area contributed by atoms with Crippen LogP contribution < -0.4 is 19.7 Å². The molecule has 0 bridgehead atoms. The Morgan fingerprint density at radius 3 is 2.17 bits per heavy atom. The summed E-state index contributed by atoms with van der Waals surface area (Å²) in [6.07, 6.45) is -1.01. The van der Waals surface area contributed by atoms with Gasteiger partial charge in [-0.1, -0.05) is 6.07 Å². The van der Waals surface area contributed by atoms with Gasteiger partial charge in [0.1, 0.15) is 17.1 Å². The lowest BCUT2D eigenvalue weighted by molar-refractivity contribution is -0.123. The first kappa shape index (κ1) is 21.4. The summed E-state index contributed by atoms with van der Waals surface area (Å²) < 4.78 is 21.1. The molecule has 1 fully saturated rings. The van der Waals surface area contributed by atoms with Gasteiger partial charge in [0.2, 0.25) is 0 Å². The van der Waals surface area contributed by atoms with Gasteiger partial charge in [-0.2, -0.15) is 0 Å². The zero-order valence-electron chi connectivity index (χ0n) is 17.3. The van der Waals surface area contributed by atoms with Crippen LogP contribution in [0.4, 0.5) is 11.4 Å². The Balaban J connectivity index is 1.61. The molecule has 1 aliphatic rings. The predicted molar refractivity (Wildman–Crippen MR) is 113 cm³/mol. The van der Waals surface area contributed by atoms with E-state index < -0.39 is 18.0 Å². The summed E-state index contributed by atoms with van der Waals surface area (Å²) in [7, 11) is 2.89. The van der Waals surface area contributed by atoms with Crippen molar-refractivity contribution in [1.29, 1.82) is 0 Å². The molecule has 160 valence electrons. The second-order valence-corrected chi connectivity index (χ2v) is 6.72. The largest absolute Gasteiger partial charge is 0.496 e. The molecule has 0 spiro atoms. The molecule has 3 rings (SSSR count). The summed E-state index contributed by atoms with van der Waals surface area (Å²) in [4.78, 5) is 27.3. The summed E-state index contributed by atoms with van der Waals surface area (Å²) in [6.45, 7) is 4.60. The van der Waals surface area contributed by atoms with Crippen LogP contribution in [0.1, 0.15) is 17.3 Å². The van der Waals surface area contributed by atoms with E-state index in [2.05, 4.69) is 10.2 Å². The molecule has 1 N–H and O–H groups in total. The maximum atomic E-state index is 12.6. The fourth-order valence-corrected chi connectivity index (χ4v) is 3.15. The van der Waals surface area contributed by atoms with E-state index in [1.807, 2.05) is 24.3 Å². The minimum Gasteiger partial charge on any atom is -0.496 e. The highest BCUT2D eigenvalue weighted by molar-refractivity contribution is 5.99. The fraction of sp³-hybridized carbons (Fsp3) is 0.364. The second-order valence-electron chi connectivity index (χ2n) is 6.72. The van der Waals surface area contributed by atoms with Crippen LogP contribution >= 0.6 is 0 Å². The van der Waals surface area contributed by atoms with Gasteiger partial charge < -0.3 is 29.2 Å². The van der Waals surface area contributed by atoms with Crippen LogP contribution in [0.3, 0.4) is 0 Å². The van der Waals surface area contributed by atoms with Crippen molar-refractivity contribution >= 4 is 23.3 Å². The minimum atomic E-state index is -1.01. The van der Waals surface area contributed by atoms with Crippen LogP contribution in [0.25, 0.3) is 0 Å². The Hall–Kier alpha value is -3.26. The number of benzene rings is 2. The monoisotopic (exact) mass is 414 g/mol. The van der Waals surface area contributed by atoms with Crippen molar-refractivity contribution in [3.63, 3.8) is 0 Å². The van der Waals surface area contributed by atoms with E-state index in [0.29, 0.717) is 30.4 Å². The van der Waals surface area contributed by atoms with Gasteiger partial charge in [-0.05, 0) is 43.3 Å². The molecular weight excluding hydrogens is 388 g/mol. The predicted octanol–water partition coefficient (Wildman–Crippen LogP) is 2.72. The fourth-order valence-electron chi connectivity index (χ4n) is 3.15. The van der Waals surface area contributed by atoms with Gasteiger partial charge in [0.25, 0.3) is 5.91 Å². The van der Waals surface area contributed by atoms with Crippen molar-refractivity contribution in [2.45, 2.75) is 13.0 Å². The standard InChI is InChI=1S/C22H26N2O6/c1-15(30-22(26)20-18(27-2)5-4-6-19(20)28-3)21(25)23-16-7-9-17(10-8-16)24-11-13-29-14-12-24/h4-10,15H,11-14H2,1-3H3,(H,23,25)/t15-/m0/s1. The normalized spacial score (nSPS) is 14.6. The van der Waals surface area contributed by atoms with Crippen LogP contribution in [0, 0.1) is 0 Å². The SMILES string of the molecule is COc1cccc(OC)c1C(=O)O[C@@H](C)C(=O)Nc1ccc(N2CCOCC2)cc1. The summed E-state index contributed by atoms with van der Waals surface area (Å²) in [5.41, 5.74) is 1.82. The van der Waals surface area contributed by atoms with Crippen molar-refractivity contribution in [2.75, 3.05) is 50.7 Å². The number of carbonyl (C=O) groups excluding carboxylic acids is 2. The van der Waals surface area contributed by atoms with Crippen molar-refractivity contribution < 1.29 is 28.5 Å². The van der Waals surface area contributed by atoms with Crippen LogP contribution in [-0.4, -0.2) is 58.5 Å². The van der Waals surface area contributed by atoms with E-state index in [-0.39, 0.29) is 5.56 Å². The molecule has 1 aliphatic heterocycles. The topological polar surface area (TPSA) is 86.3 Å². The molecule has 30 heavy (non-hydrogen) atoms. The molecule has 2 aromatic rings. The first-order chi connectivity index (χ1) is 14.5. The van der Waals surface area contributed by atoms with Crippen LogP contribution in [0.5, 0.6) is 11.5 Å². The highest BCUT2D eigenvalue weighted by Gasteiger charge is 2.24. The second kappa shape index (κ2) is 9.98. The number of carbonyl (C=O) groups is 2. The Morgan fingerprint density at radius 2 is 1.60 bits per heavy atom. The number of hydrogen-bond acceptors (Lipinski definition) is 7. The Kier molecular flexibility index (Phi) is 7.13. The zero-order chi connectivity index (χ0) is 21.5. The quantitative estimate of drug-likeness (QED) is 0.697. The van der Waals surface area contributed by atoms with Crippen molar-refractivity contribution in [1.82, 2.24) is 0 Å². The smallest absolute Gasteiger partial charge is 0.346 e. The molecule has 0 unspecified atom stereocenters. The highest BCUT2D eigenvalue weighted by Crippen LogP contribution is 2.29. The number of hydrogen-bond donors (Lipinski definition) is 1. The van der Waals surface area contributed by atoms with Crippen molar-refractivity contribution in [3.8, 4) is 11.5 Å². The maximum absolute atomic E-state index is 12.6. The lowest BCUT2D eigenvalue weighted by Crippen LogP contribution is -2.36. The van der Waals surface area contributed by atoms with E-state index >= 15 is 0 Å². The molecule has 1 saturated heterocycles. The van der Waals surface area contributed by atoms with Crippen molar-refractivity contribution in [2.24, 2.45) is 0 Å². The highest BCUT2D eigenvalue weighted by atomic mass is 16.6. The number of ether oxygens (including phenoxy) is 4. The lowest BCUT2D eigenvalue weighted by atomic mass is 10.1. The van der Waals surface area contributed by atoms with Crippen molar-refractivity contribution in [3.05, 3.63) is 48.0 Å². The van der Waals surface area contributed by atoms with Crippen LogP contribution in [0.2, 0.25) is 0 Å². The Morgan fingerprint density at radius 1 is 1.00 bits per heavy atom. The summed E-state index contributed by atoms with van der Waals surface area (Å²) >= 11 is 0. The van der Waals surface area contributed by atoms with Crippen LogP contribution in [-0.2, 0) is 14.3 Å². The number of amides is 1. The van der Waals surface area contributed by atoms with E-state index in [1.165, 1.54) is 21.1 Å². The van der Waals surface area contributed by atoms with Gasteiger partial charge in [-0.15, -0.1) is 0 Å². The number of nitrogens with one attached hydrogen (secondary N) is 1. The molecule has 2 aromatic carbocycles. The zero-order valence-corrected chi connectivity index (χ0v) is 17.3. The number of rotatable bonds is 7. The molecular formula is C22H26N2O6. The number of anilines is 2. The molecule has 1 heterocycles. The first-order valence-corrected chi connectivity index (χ1v) is 9.69. The maximum Gasteiger partial charge on any atom is 0.346 e. The number of methoxy groups -OCH3 is 2. The number of nitrogens with zero attached hydrogens (tertiary/aromatic N) is 1. The van der Waals surface area contributed by atoms with Crippen LogP contribution in [0.15, 0.2) is 42.5 Å².